The van der Waals surface area contributed by atoms with Gasteiger partial charge < -0.3 is 14.8 Å². The van der Waals surface area contributed by atoms with E-state index in [1.165, 1.54) is 6.07 Å². The Morgan fingerprint density at radius 2 is 1.82 bits per heavy atom. The molecule has 0 saturated heterocycles. The highest BCUT2D eigenvalue weighted by molar-refractivity contribution is 6.34. The van der Waals surface area contributed by atoms with Crippen LogP contribution in [0.5, 0.6) is 5.75 Å². The topological polar surface area (TPSA) is 75.4 Å². The van der Waals surface area contributed by atoms with E-state index in [0.29, 0.717) is 33.3 Å². The van der Waals surface area contributed by atoms with E-state index in [0.717, 1.165) is 16.6 Å². The van der Waals surface area contributed by atoms with E-state index < -0.39 is 0 Å². The lowest BCUT2D eigenvalue weighted by Gasteiger charge is -2.08. The molecule has 0 radical (unpaired) electrons. The maximum Gasteiger partial charge on any atom is 0.257 e. The average Bonchev–Trinajstić information content (AvgIpc) is 3.04. The highest BCUT2D eigenvalue weighted by Crippen LogP contribution is 2.34. The molecule has 0 spiro atoms. The summed E-state index contributed by atoms with van der Waals surface area (Å²) in [6, 6.07) is 15.4. The molecule has 2 N–H and O–H groups in total. The molecule has 5 nitrogen and oxygen atoms in total. The van der Waals surface area contributed by atoms with E-state index >= 15 is 0 Å². The number of carbonyl (C=O) groups is 1. The number of halogens is 1. The molecule has 0 fully saturated rings. The summed E-state index contributed by atoms with van der Waals surface area (Å²) in [5.74, 6) is -0.0796. The van der Waals surface area contributed by atoms with Gasteiger partial charge in [-0.3, -0.25) is 4.79 Å². The molecular weight excluding hydrogens is 376 g/mol. The van der Waals surface area contributed by atoms with Crippen LogP contribution in [-0.2, 0) is 0 Å². The lowest BCUT2D eigenvalue weighted by atomic mass is 10.1. The quantitative estimate of drug-likeness (QED) is 0.467. The predicted octanol–water partition coefficient (Wildman–Crippen LogP) is 5.72. The van der Waals surface area contributed by atoms with Crippen molar-refractivity contribution < 1.29 is 14.3 Å². The molecule has 1 amide bonds. The fourth-order valence-corrected chi connectivity index (χ4v) is 3.15. The van der Waals surface area contributed by atoms with E-state index in [1.807, 2.05) is 26.0 Å². The summed E-state index contributed by atoms with van der Waals surface area (Å²) < 4.78 is 5.80. The number of anilines is 1. The van der Waals surface area contributed by atoms with Gasteiger partial charge in [0, 0.05) is 11.8 Å². The van der Waals surface area contributed by atoms with Crippen molar-refractivity contribution in [2.24, 2.45) is 0 Å². The number of aromatic hydroxyl groups is 1. The van der Waals surface area contributed by atoms with Gasteiger partial charge in [0.2, 0.25) is 5.89 Å². The number of nitrogens with zero attached hydrogens (tertiary/aromatic N) is 1. The van der Waals surface area contributed by atoms with Crippen LogP contribution in [0, 0.1) is 13.8 Å². The number of hydrogen-bond acceptors (Lipinski definition) is 4. The van der Waals surface area contributed by atoms with Crippen LogP contribution in [0.25, 0.3) is 22.6 Å². The van der Waals surface area contributed by atoms with Gasteiger partial charge in [-0.1, -0.05) is 23.7 Å². The Morgan fingerprint density at radius 3 is 2.57 bits per heavy atom. The Balaban J connectivity index is 1.63. The number of hydrogen-bond donors (Lipinski definition) is 2. The standard InChI is InChI=1S/C22H17ClN2O3/c1-12-9-18-20(10-13(12)2)28-22(25-18)16-8-7-14(11-19(16)26)24-21(27)15-5-3-4-6-17(15)23/h3-11,26H,1-2H3,(H,24,27). The number of phenolic OH excluding ortho intramolecular Hbond substituents is 1. The Bertz CT molecular complexity index is 1170. The molecule has 1 aromatic heterocycles. The predicted molar refractivity (Wildman–Crippen MR) is 110 cm³/mol. The molecule has 4 aromatic rings. The molecule has 4 rings (SSSR count). The summed E-state index contributed by atoms with van der Waals surface area (Å²) in [6.07, 6.45) is 0. The summed E-state index contributed by atoms with van der Waals surface area (Å²) in [5, 5.41) is 13.5. The first-order chi connectivity index (χ1) is 13.4. The van der Waals surface area contributed by atoms with Gasteiger partial charge in [0.15, 0.2) is 5.58 Å². The second kappa shape index (κ2) is 7.02. The molecule has 3 aromatic carbocycles. The van der Waals surface area contributed by atoms with E-state index in [4.69, 9.17) is 16.0 Å². The summed E-state index contributed by atoms with van der Waals surface area (Å²) in [5.41, 5.74) is 4.86. The van der Waals surface area contributed by atoms with Crippen LogP contribution in [0.4, 0.5) is 5.69 Å². The van der Waals surface area contributed by atoms with E-state index in [2.05, 4.69) is 10.3 Å². The molecule has 6 heteroatoms. The van der Waals surface area contributed by atoms with Crippen molar-refractivity contribution >= 4 is 34.3 Å². The van der Waals surface area contributed by atoms with Gasteiger partial charge in [0.1, 0.15) is 11.3 Å². The second-order valence-corrected chi connectivity index (χ2v) is 7.00. The Labute approximate surface area is 166 Å². The second-order valence-electron chi connectivity index (χ2n) is 6.59. The monoisotopic (exact) mass is 392 g/mol. The number of nitrogens with one attached hydrogen (secondary N) is 1. The normalized spacial score (nSPS) is 11.0. The first-order valence-corrected chi connectivity index (χ1v) is 9.07. The smallest absolute Gasteiger partial charge is 0.257 e. The number of aryl methyl sites for hydroxylation is 2. The molecule has 0 bridgehead atoms. The molecule has 0 aliphatic heterocycles. The third-order valence-corrected chi connectivity index (χ3v) is 4.94. The molecule has 140 valence electrons. The summed E-state index contributed by atoms with van der Waals surface area (Å²) >= 11 is 6.05. The van der Waals surface area contributed by atoms with Gasteiger partial charge in [-0.25, -0.2) is 4.98 Å². The largest absolute Gasteiger partial charge is 0.507 e. The van der Waals surface area contributed by atoms with Crippen LogP contribution in [0.2, 0.25) is 5.02 Å². The fraction of sp³-hybridized carbons (Fsp3) is 0.0909. The summed E-state index contributed by atoms with van der Waals surface area (Å²) in [4.78, 5) is 16.8. The number of aromatic nitrogens is 1. The lowest BCUT2D eigenvalue weighted by Crippen LogP contribution is -2.12. The van der Waals surface area contributed by atoms with Gasteiger partial charge in [-0.15, -0.1) is 0 Å². The fourth-order valence-electron chi connectivity index (χ4n) is 2.93. The van der Waals surface area contributed by atoms with Crippen molar-refractivity contribution in [1.29, 1.82) is 0 Å². The zero-order valence-electron chi connectivity index (χ0n) is 15.3. The molecule has 0 aliphatic rings. The SMILES string of the molecule is Cc1cc2nc(-c3ccc(NC(=O)c4ccccc4Cl)cc3O)oc2cc1C. The van der Waals surface area contributed by atoms with Crippen LogP contribution in [-0.4, -0.2) is 16.0 Å². The van der Waals surface area contributed by atoms with Gasteiger partial charge >= 0.3 is 0 Å². The van der Waals surface area contributed by atoms with E-state index in [1.54, 1.807) is 36.4 Å². The van der Waals surface area contributed by atoms with E-state index in [9.17, 15) is 9.90 Å². The Morgan fingerprint density at radius 1 is 1.07 bits per heavy atom. The van der Waals surface area contributed by atoms with Crippen molar-refractivity contribution in [3.05, 3.63) is 76.3 Å². The van der Waals surface area contributed by atoms with Crippen molar-refractivity contribution in [1.82, 2.24) is 4.98 Å². The Kier molecular flexibility index (Phi) is 4.53. The number of fused-ring (bicyclic) bond motifs is 1. The molecule has 0 unspecified atom stereocenters. The number of oxazole rings is 1. The molecule has 0 aliphatic carbocycles. The number of benzene rings is 3. The molecule has 28 heavy (non-hydrogen) atoms. The minimum absolute atomic E-state index is 0.0445. The minimum atomic E-state index is -0.356. The third kappa shape index (κ3) is 3.32. The van der Waals surface area contributed by atoms with Crippen LogP contribution in [0.3, 0.4) is 0 Å². The lowest BCUT2D eigenvalue weighted by molar-refractivity contribution is 0.102. The van der Waals surface area contributed by atoms with Crippen molar-refractivity contribution in [3.8, 4) is 17.2 Å². The first-order valence-electron chi connectivity index (χ1n) is 8.69. The molecule has 1 heterocycles. The number of phenols is 1. The van der Waals surface area contributed by atoms with Gasteiger partial charge in [-0.05, 0) is 61.4 Å². The highest BCUT2D eigenvalue weighted by Gasteiger charge is 2.15. The molecule has 0 saturated carbocycles. The van der Waals surface area contributed by atoms with Gasteiger partial charge in [0.05, 0.1) is 16.1 Å². The van der Waals surface area contributed by atoms with Crippen molar-refractivity contribution in [2.45, 2.75) is 13.8 Å². The third-order valence-electron chi connectivity index (χ3n) is 4.61. The highest BCUT2D eigenvalue weighted by atomic mass is 35.5. The van der Waals surface area contributed by atoms with Gasteiger partial charge in [-0.2, -0.15) is 0 Å². The zero-order valence-corrected chi connectivity index (χ0v) is 16.0. The number of amides is 1. The number of rotatable bonds is 3. The minimum Gasteiger partial charge on any atom is -0.507 e. The summed E-state index contributed by atoms with van der Waals surface area (Å²) in [6.45, 7) is 4.02. The molecule has 0 atom stereocenters. The maximum atomic E-state index is 12.4. The Hall–Kier alpha value is -3.31. The van der Waals surface area contributed by atoms with E-state index in [-0.39, 0.29) is 11.7 Å². The van der Waals surface area contributed by atoms with Crippen molar-refractivity contribution in [3.63, 3.8) is 0 Å². The average molecular weight is 393 g/mol. The summed E-state index contributed by atoms with van der Waals surface area (Å²) in [7, 11) is 0. The van der Waals surface area contributed by atoms with Crippen LogP contribution in [0.1, 0.15) is 21.5 Å². The first kappa shape index (κ1) is 18.1. The van der Waals surface area contributed by atoms with Crippen LogP contribution in [0.15, 0.2) is 59.0 Å². The van der Waals surface area contributed by atoms with Crippen LogP contribution < -0.4 is 5.32 Å². The zero-order chi connectivity index (χ0) is 19.8. The molecular formula is C22H17ClN2O3. The maximum absolute atomic E-state index is 12.4. The van der Waals surface area contributed by atoms with Crippen LogP contribution >= 0.6 is 11.6 Å². The number of carbonyl (C=O) groups excluding carboxylic acids is 1. The van der Waals surface area contributed by atoms with Crippen molar-refractivity contribution in [2.75, 3.05) is 5.32 Å². The van der Waals surface area contributed by atoms with Gasteiger partial charge in [0.25, 0.3) is 5.91 Å².